The molecule has 1 atom stereocenters. The van der Waals surface area contributed by atoms with E-state index in [0.29, 0.717) is 0 Å². The quantitative estimate of drug-likeness (QED) is 0.884. The van der Waals surface area contributed by atoms with Gasteiger partial charge in [-0.3, -0.25) is 0 Å². The Morgan fingerprint density at radius 1 is 1.32 bits per heavy atom. The summed E-state index contributed by atoms with van der Waals surface area (Å²) >= 11 is 1.46. The summed E-state index contributed by atoms with van der Waals surface area (Å²) in [5.41, 5.74) is -0.764. The van der Waals surface area contributed by atoms with E-state index in [0.717, 1.165) is 23.1 Å². The fourth-order valence-corrected chi connectivity index (χ4v) is 2.58. The molecule has 1 unspecified atom stereocenters. The van der Waals surface area contributed by atoms with Crippen molar-refractivity contribution in [2.75, 3.05) is 6.54 Å². The molecule has 19 heavy (non-hydrogen) atoms. The van der Waals surface area contributed by atoms with Crippen molar-refractivity contribution in [3.63, 3.8) is 0 Å². The van der Waals surface area contributed by atoms with Crippen LogP contribution >= 0.6 is 11.3 Å². The van der Waals surface area contributed by atoms with E-state index >= 15 is 0 Å². The minimum atomic E-state index is -1.02. The third-order valence-corrected chi connectivity index (χ3v) is 3.97. The molecule has 2 rings (SSSR count). The van der Waals surface area contributed by atoms with Gasteiger partial charge >= 0.3 is 0 Å². The molecule has 0 aliphatic rings. The molecule has 102 valence electrons. The second kappa shape index (κ2) is 5.77. The molecule has 0 spiro atoms. The van der Waals surface area contributed by atoms with Gasteiger partial charge in [0.2, 0.25) is 0 Å². The third kappa shape index (κ3) is 3.59. The number of benzene rings is 1. The summed E-state index contributed by atoms with van der Waals surface area (Å²) in [4.78, 5) is 0.833. The van der Waals surface area contributed by atoms with Crippen LogP contribution in [0.4, 0.5) is 8.78 Å². The van der Waals surface area contributed by atoms with Gasteiger partial charge in [0.15, 0.2) is 0 Å². The van der Waals surface area contributed by atoms with E-state index in [1.807, 2.05) is 17.5 Å². The first-order valence-electron chi connectivity index (χ1n) is 5.90. The van der Waals surface area contributed by atoms with Gasteiger partial charge in [0, 0.05) is 23.5 Å². The molecule has 2 N–H and O–H groups in total. The van der Waals surface area contributed by atoms with Crippen LogP contribution in [0, 0.1) is 11.6 Å². The Bertz CT molecular complexity index is 540. The van der Waals surface area contributed by atoms with Gasteiger partial charge in [-0.25, -0.2) is 8.78 Å². The van der Waals surface area contributed by atoms with Crippen molar-refractivity contribution >= 4 is 11.3 Å². The Labute approximate surface area is 114 Å². The smallest absolute Gasteiger partial charge is 0.127 e. The molecule has 0 fully saturated rings. The lowest BCUT2D eigenvalue weighted by Crippen LogP contribution is -2.34. The van der Waals surface area contributed by atoms with Crippen molar-refractivity contribution < 1.29 is 13.9 Å². The van der Waals surface area contributed by atoms with Crippen LogP contribution in [0.5, 0.6) is 0 Å². The molecule has 1 aromatic carbocycles. The van der Waals surface area contributed by atoms with Gasteiger partial charge in [-0.05, 0) is 36.6 Å². The van der Waals surface area contributed by atoms with Crippen LogP contribution in [-0.2, 0) is 12.1 Å². The van der Waals surface area contributed by atoms with Crippen LogP contribution in [0.25, 0.3) is 0 Å². The van der Waals surface area contributed by atoms with Crippen LogP contribution in [-0.4, -0.2) is 11.7 Å². The monoisotopic (exact) mass is 283 g/mol. The van der Waals surface area contributed by atoms with Crippen LogP contribution in [0.2, 0.25) is 0 Å². The predicted octanol–water partition coefficient (Wildman–Crippen LogP) is 3.02. The number of aliphatic hydroxyl groups is 1. The Balaban J connectivity index is 1.95. The van der Waals surface area contributed by atoms with E-state index in [9.17, 15) is 13.9 Å². The molecule has 0 saturated heterocycles. The molecule has 0 aliphatic carbocycles. The van der Waals surface area contributed by atoms with Crippen molar-refractivity contribution in [2.45, 2.75) is 19.1 Å². The fourth-order valence-electron chi connectivity index (χ4n) is 1.79. The second-order valence-corrected chi connectivity index (χ2v) is 5.54. The lowest BCUT2D eigenvalue weighted by atomic mass is 10.1. The van der Waals surface area contributed by atoms with E-state index < -0.39 is 17.2 Å². The highest BCUT2D eigenvalue weighted by Crippen LogP contribution is 2.24. The second-order valence-electron chi connectivity index (χ2n) is 4.59. The number of halogens is 2. The molecule has 0 aliphatic heterocycles. The maximum Gasteiger partial charge on any atom is 0.127 e. The first-order valence-corrected chi connectivity index (χ1v) is 6.78. The average molecular weight is 283 g/mol. The largest absolute Gasteiger partial charge is 0.383 e. The van der Waals surface area contributed by atoms with E-state index in [4.69, 9.17) is 0 Å². The SMILES string of the molecule is CC(O)(CNCc1cc(F)ccc1F)c1cccs1. The topological polar surface area (TPSA) is 32.3 Å². The number of hydrogen-bond acceptors (Lipinski definition) is 3. The Kier molecular flexibility index (Phi) is 4.29. The van der Waals surface area contributed by atoms with Gasteiger partial charge in [-0.2, -0.15) is 0 Å². The molecular formula is C14H15F2NOS. The standard InChI is InChI=1S/C14H15F2NOS/c1-14(18,13-3-2-6-19-13)9-17-8-10-7-11(15)4-5-12(10)16/h2-7,17-18H,8-9H2,1H3. The van der Waals surface area contributed by atoms with Crippen molar-refractivity contribution in [2.24, 2.45) is 0 Å². The first kappa shape index (κ1) is 14.1. The summed E-state index contributed by atoms with van der Waals surface area (Å²) in [5.74, 6) is -0.923. The van der Waals surface area contributed by atoms with Gasteiger partial charge in [-0.1, -0.05) is 6.07 Å². The molecule has 0 amide bonds. The van der Waals surface area contributed by atoms with Crippen molar-refractivity contribution in [3.8, 4) is 0 Å². The molecule has 1 aromatic heterocycles. The van der Waals surface area contributed by atoms with Gasteiger partial charge in [-0.15, -0.1) is 11.3 Å². The number of rotatable bonds is 5. The average Bonchev–Trinajstić information content (AvgIpc) is 2.88. The zero-order valence-electron chi connectivity index (χ0n) is 10.5. The molecular weight excluding hydrogens is 268 g/mol. The fraction of sp³-hybridized carbons (Fsp3) is 0.286. The Morgan fingerprint density at radius 2 is 2.11 bits per heavy atom. The minimum Gasteiger partial charge on any atom is -0.383 e. The van der Waals surface area contributed by atoms with Crippen molar-refractivity contribution in [1.29, 1.82) is 0 Å². The maximum atomic E-state index is 13.4. The van der Waals surface area contributed by atoms with E-state index in [2.05, 4.69) is 5.32 Å². The third-order valence-electron chi connectivity index (χ3n) is 2.84. The molecule has 0 radical (unpaired) electrons. The molecule has 0 bridgehead atoms. The highest BCUT2D eigenvalue weighted by molar-refractivity contribution is 7.10. The number of thiophene rings is 1. The zero-order chi connectivity index (χ0) is 13.9. The summed E-state index contributed by atoms with van der Waals surface area (Å²) in [7, 11) is 0. The number of nitrogens with one attached hydrogen (secondary N) is 1. The Hall–Kier alpha value is -1.30. The maximum absolute atomic E-state index is 13.4. The predicted molar refractivity (Wildman–Crippen MR) is 72.0 cm³/mol. The summed E-state index contributed by atoms with van der Waals surface area (Å²) in [6.07, 6.45) is 0. The molecule has 0 saturated carbocycles. The lowest BCUT2D eigenvalue weighted by molar-refractivity contribution is 0.0603. The number of hydrogen-bond donors (Lipinski definition) is 2. The van der Waals surface area contributed by atoms with Gasteiger partial charge in [0.1, 0.15) is 17.2 Å². The zero-order valence-corrected chi connectivity index (χ0v) is 11.3. The van der Waals surface area contributed by atoms with E-state index in [-0.39, 0.29) is 18.7 Å². The highest BCUT2D eigenvalue weighted by atomic mass is 32.1. The van der Waals surface area contributed by atoms with E-state index in [1.54, 1.807) is 6.92 Å². The lowest BCUT2D eigenvalue weighted by Gasteiger charge is -2.22. The summed E-state index contributed by atoms with van der Waals surface area (Å²) in [5, 5.41) is 15.1. The van der Waals surface area contributed by atoms with E-state index in [1.165, 1.54) is 11.3 Å². The van der Waals surface area contributed by atoms with Gasteiger partial charge in [0.05, 0.1) is 0 Å². The highest BCUT2D eigenvalue weighted by Gasteiger charge is 2.23. The summed E-state index contributed by atoms with van der Waals surface area (Å²) < 4.78 is 26.4. The summed E-state index contributed by atoms with van der Waals surface area (Å²) in [6, 6.07) is 7.04. The van der Waals surface area contributed by atoms with Crippen molar-refractivity contribution in [1.82, 2.24) is 5.32 Å². The van der Waals surface area contributed by atoms with Crippen LogP contribution in [0.3, 0.4) is 0 Å². The normalized spacial score (nSPS) is 14.3. The van der Waals surface area contributed by atoms with Crippen LogP contribution in [0.1, 0.15) is 17.4 Å². The molecule has 2 aromatic rings. The molecule has 1 heterocycles. The Morgan fingerprint density at radius 3 is 2.79 bits per heavy atom. The van der Waals surface area contributed by atoms with Gasteiger partial charge < -0.3 is 10.4 Å². The summed E-state index contributed by atoms with van der Waals surface area (Å²) in [6.45, 7) is 2.13. The minimum absolute atomic E-state index is 0.172. The van der Waals surface area contributed by atoms with Gasteiger partial charge in [0.25, 0.3) is 0 Å². The van der Waals surface area contributed by atoms with Crippen molar-refractivity contribution in [3.05, 3.63) is 57.8 Å². The molecule has 5 heteroatoms. The van der Waals surface area contributed by atoms with Crippen LogP contribution in [0.15, 0.2) is 35.7 Å². The van der Waals surface area contributed by atoms with Crippen LogP contribution < -0.4 is 5.32 Å². The first-order chi connectivity index (χ1) is 8.99. The molecule has 2 nitrogen and oxygen atoms in total.